The van der Waals surface area contributed by atoms with Crippen LogP contribution in [-0.4, -0.2) is 10.9 Å². The molecule has 1 heterocycles. The van der Waals surface area contributed by atoms with Crippen LogP contribution in [0.2, 0.25) is 0 Å². The van der Waals surface area contributed by atoms with Crippen molar-refractivity contribution in [2.45, 2.75) is 18.9 Å². The van der Waals surface area contributed by atoms with E-state index in [1.165, 1.54) is 0 Å². The van der Waals surface area contributed by atoms with Crippen LogP contribution < -0.4 is 4.90 Å². The molecule has 0 spiro atoms. The second kappa shape index (κ2) is 9.03. The Bertz CT molecular complexity index is 1320. The Morgan fingerprint density at radius 2 is 1.50 bits per heavy atom. The molecule has 0 fully saturated rings. The van der Waals surface area contributed by atoms with E-state index in [1.54, 1.807) is 48.5 Å². The fourth-order valence-corrected chi connectivity index (χ4v) is 4.74. The molecule has 0 aliphatic heterocycles. The van der Waals surface area contributed by atoms with Crippen molar-refractivity contribution in [1.82, 2.24) is 4.98 Å². The summed E-state index contributed by atoms with van der Waals surface area (Å²) in [7, 11) is 0. The zero-order chi connectivity index (χ0) is 24.7. The van der Waals surface area contributed by atoms with Crippen molar-refractivity contribution in [1.29, 1.82) is 0 Å². The third-order valence-electron chi connectivity index (χ3n) is 4.83. The first-order valence-electron chi connectivity index (χ1n) is 9.63. The van der Waals surface area contributed by atoms with E-state index >= 15 is 0 Å². The number of hydrogen-bond acceptors (Lipinski definition) is 3. The number of aromatic nitrogens is 1. The fraction of sp³-hybridized carbons (Fsp3) is 0.130. The van der Waals surface area contributed by atoms with E-state index in [9.17, 15) is 31.1 Å². The van der Waals surface area contributed by atoms with Crippen LogP contribution in [0.5, 0.6) is 0 Å². The average molecular weight is 559 g/mol. The van der Waals surface area contributed by atoms with Crippen LogP contribution in [0.3, 0.4) is 0 Å². The summed E-state index contributed by atoms with van der Waals surface area (Å²) < 4.78 is 81.5. The Morgan fingerprint density at radius 3 is 2.09 bits per heavy atom. The molecule has 0 aliphatic rings. The summed E-state index contributed by atoms with van der Waals surface area (Å²) in [6, 6.07) is 14.6. The Morgan fingerprint density at radius 1 is 0.882 bits per heavy atom. The Labute approximate surface area is 201 Å². The normalized spacial score (nSPS) is 12.2. The smallest absolute Gasteiger partial charge is 0.279 e. The summed E-state index contributed by atoms with van der Waals surface area (Å²) in [5.74, 6) is -1.03. The molecule has 0 saturated heterocycles. The maximum atomic E-state index is 13.4. The number of carbonyl (C=O) groups excluding carboxylic acids is 1. The van der Waals surface area contributed by atoms with E-state index < -0.39 is 35.0 Å². The second-order valence-electron chi connectivity index (χ2n) is 7.28. The largest absolute Gasteiger partial charge is 0.416 e. The van der Waals surface area contributed by atoms with Gasteiger partial charge >= 0.3 is 12.4 Å². The van der Waals surface area contributed by atoms with Crippen molar-refractivity contribution in [3.8, 4) is 0 Å². The van der Waals surface area contributed by atoms with Gasteiger partial charge in [0.15, 0.2) is 5.13 Å². The molecule has 3 aromatic carbocycles. The van der Waals surface area contributed by atoms with Crippen molar-refractivity contribution in [2.24, 2.45) is 0 Å². The SMILES string of the molecule is O=C(c1cc(C(F)(F)F)cc(C(F)(F)F)c1)N(Cc1ccccc1)c1nc2ccc(Br)cc2s1. The summed E-state index contributed by atoms with van der Waals surface area (Å²) in [6.45, 7) is -0.0989. The van der Waals surface area contributed by atoms with Gasteiger partial charge in [0.2, 0.25) is 0 Å². The van der Waals surface area contributed by atoms with Crippen LogP contribution in [0, 0.1) is 0 Å². The predicted octanol–water partition coefficient (Wildman–Crippen LogP) is 7.94. The molecule has 0 unspecified atom stereocenters. The maximum Gasteiger partial charge on any atom is 0.416 e. The summed E-state index contributed by atoms with van der Waals surface area (Å²) in [5, 5.41) is 0.146. The molecule has 0 atom stereocenters. The second-order valence-corrected chi connectivity index (χ2v) is 9.20. The summed E-state index contributed by atoms with van der Waals surface area (Å²) >= 11 is 4.44. The monoisotopic (exact) mass is 558 g/mol. The number of carbonyl (C=O) groups is 1. The van der Waals surface area contributed by atoms with Gasteiger partial charge in [-0.2, -0.15) is 26.3 Å². The lowest BCUT2D eigenvalue weighted by atomic mass is 10.0. The molecule has 0 aliphatic carbocycles. The first-order chi connectivity index (χ1) is 15.9. The van der Waals surface area contributed by atoms with Gasteiger partial charge < -0.3 is 0 Å². The van der Waals surface area contributed by atoms with Gasteiger partial charge in [0.1, 0.15) is 0 Å². The molecule has 0 saturated carbocycles. The minimum absolute atomic E-state index is 0.00642. The highest BCUT2D eigenvalue weighted by molar-refractivity contribution is 9.10. The third-order valence-corrected chi connectivity index (χ3v) is 6.37. The summed E-state index contributed by atoms with van der Waals surface area (Å²) in [6.07, 6.45) is -10.1. The van der Waals surface area contributed by atoms with Crippen molar-refractivity contribution < 1.29 is 31.1 Å². The number of alkyl halides is 6. The molecule has 3 nitrogen and oxygen atoms in total. The number of benzene rings is 3. The van der Waals surface area contributed by atoms with E-state index in [4.69, 9.17) is 0 Å². The van der Waals surface area contributed by atoms with E-state index in [2.05, 4.69) is 20.9 Å². The molecule has 176 valence electrons. The van der Waals surface area contributed by atoms with Gasteiger partial charge in [0.05, 0.1) is 27.9 Å². The zero-order valence-corrected chi connectivity index (χ0v) is 19.3. The summed E-state index contributed by atoms with van der Waals surface area (Å²) in [5.41, 5.74) is -2.69. The highest BCUT2D eigenvalue weighted by Crippen LogP contribution is 2.38. The zero-order valence-electron chi connectivity index (χ0n) is 16.9. The lowest BCUT2D eigenvalue weighted by Crippen LogP contribution is -2.31. The molecule has 34 heavy (non-hydrogen) atoms. The van der Waals surface area contributed by atoms with Crippen molar-refractivity contribution in [2.75, 3.05) is 4.90 Å². The molecule has 0 bridgehead atoms. The van der Waals surface area contributed by atoms with Gasteiger partial charge in [-0.25, -0.2) is 4.98 Å². The third kappa shape index (κ3) is 5.25. The first kappa shape index (κ1) is 24.2. The number of nitrogens with zero attached hydrogens (tertiary/aromatic N) is 2. The Hall–Kier alpha value is -2.92. The number of rotatable bonds is 4. The molecular weight excluding hydrogens is 546 g/mol. The van der Waals surface area contributed by atoms with E-state index in [0.717, 1.165) is 20.7 Å². The van der Waals surface area contributed by atoms with Gasteiger partial charge in [-0.15, -0.1) is 0 Å². The van der Waals surface area contributed by atoms with Crippen LogP contribution in [0.4, 0.5) is 31.5 Å². The number of hydrogen-bond donors (Lipinski definition) is 0. The molecule has 1 amide bonds. The minimum atomic E-state index is -5.07. The molecule has 4 aromatic rings. The van der Waals surface area contributed by atoms with E-state index in [1.807, 2.05) is 0 Å². The molecule has 0 N–H and O–H groups in total. The van der Waals surface area contributed by atoms with Gasteiger partial charge in [-0.1, -0.05) is 57.6 Å². The van der Waals surface area contributed by atoms with Gasteiger partial charge in [0.25, 0.3) is 5.91 Å². The molecule has 11 heteroatoms. The number of halogens is 7. The Balaban J connectivity index is 1.85. The number of amides is 1. The minimum Gasteiger partial charge on any atom is -0.279 e. The predicted molar refractivity (Wildman–Crippen MR) is 121 cm³/mol. The molecule has 4 rings (SSSR count). The van der Waals surface area contributed by atoms with Crippen LogP contribution in [0.15, 0.2) is 71.2 Å². The lowest BCUT2D eigenvalue weighted by molar-refractivity contribution is -0.143. The van der Waals surface area contributed by atoms with Crippen LogP contribution in [0.1, 0.15) is 27.0 Å². The lowest BCUT2D eigenvalue weighted by Gasteiger charge is -2.21. The van der Waals surface area contributed by atoms with E-state index in [-0.39, 0.29) is 17.7 Å². The topological polar surface area (TPSA) is 33.2 Å². The van der Waals surface area contributed by atoms with Crippen molar-refractivity contribution in [3.63, 3.8) is 0 Å². The van der Waals surface area contributed by atoms with Crippen LogP contribution in [0.25, 0.3) is 10.2 Å². The van der Waals surface area contributed by atoms with Crippen LogP contribution in [-0.2, 0) is 18.9 Å². The van der Waals surface area contributed by atoms with Crippen molar-refractivity contribution in [3.05, 3.63) is 93.5 Å². The highest BCUT2D eigenvalue weighted by Gasteiger charge is 2.38. The fourth-order valence-electron chi connectivity index (χ4n) is 3.23. The summed E-state index contributed by atoms with van der Waals surface area (Å²) in [4.78, 5) is 18.9. The van der Waals surface area contributed by atoms with Gasteiger partial charge in [-0.05, 0) is 42.0 Å². The van der Waals surface area contributed by atoms with Gasteiger partial charge in [-0.3, -0.25) is 9.69 Å². The highest BCUT2D eigenvalue weighted by atomic mass is 79.9. The Kier molecular flexibility index (Phi) is 6.43. The molecule has 0 radical (unpaired) electrons. The van der Waals surface area contributed by atoms with E-state index in [0.29, 0.717) is 27.9 Å². The first-order valence-corrected chi connectivity index (χ1v) is 11.2. The quantitative estimate of drug-likeness (QED) is 0.238. The van der Waals surface area contributed by atoms with Crippen molar-refractivity contribution >= 4 is 48.5 Å². The molecular formula is C23H13BrF6N2OS. The number of thiazole rings is 1. The average Bonchev–Trinajstić information content (AvgIpc) is 3.19. The number of anilines is 1. The van der Waals surface area contributed by atoms with Crippen LogP contribution >= 0.6 is 27.3 Å². The maximum absolute atomic E-state index is 13.4. The van der Waals surface area contributed by atoms with Gasteiger partial charge in [0, 0.05) is 10.0 Å². The number of fused-ring (bicyclic) bond motifs is 1. The standard InChI is InChI=1S/C23H13BrF6N2OS/c24-17-6-7-18-19(11-17)34-21(31-18)32(12-13-4-2-1-3-5-13)20(33)14-8-15(22(25,26)27)10-16(9-14)23(28,29)30/h1-11H,12H2. The molecule has 1 aromatic heterocycles.